The number of piperidine rings is 1. The van der Waals surface area contributed by atoms with Crippen LogP contribution in [-0.4, -0.2) is 79.6 Å². The van der Waals surface area contributed by atoms with Crippen LogP contribution < -0.4 is 0 Å². The van der Waals surface area contributed by atoms with E-state index in [-0.39, 0.29) is 12.0 Å². The number of likely N-dealkylation sites (N-methyl/N-ethyl adjacent to an activating group) is 1. The summed E-state index contributed by atoms with van der Waals surface area (Å²) in [5.41, 5.74) is 1.24. The molecule has 144 valence electrons. The molecule has 2 fully saturated rings. The Morgan fingerprint density at radius 1 is 1.12 bits per heavy atom. The van der Waals surface area contributed by atoms with Crippen LogP contribution in [0.15, 0.2) is 30.3 Å². The number of ether oxygens (including phenoxy) is 1. The van der Waals surface area contributed by atoms with Gasteiger partial charge in [-0.3, -0.25) is 9.69 Å². The molecule has 2 aliphatic heterocycles. The second kappa shape index (κ2) is 10.0. The lowest BCUT2D eigenvalue weighted by Gasteiger charge is -2.32. The van der Waals surface area contributed by atoms with Gasteiger partial charge in [0.15, 0.2) is 0 Å². The van der Waals surface area contributed by atoms with Gasteiger partial charge in [0.25, 0.3) is 0 Å². The zero-order chi connectivity index (χ0) is 18.2. The Hall–Kier alpha value is -1.43. The molecule has 1 aromatic rings. The summed E-state index contributed by atoms with van der Waals surface area (Å²) in [6.07, 6.45) is 5.02. The average molecular weight is 360 g/mol. The Kier molecular flexibility index (Phi) is 7.47. The summed E-state index contributed by atoms with van der Waals surface area (Å²) in [5.74, 6) is 0.220. The first-order valence-electron chi connectivity index (χ1n) is 10.0. The van der Waals surface area contributed by atoms with Crippen LogP contribution in [0.1, 0.15) is 31.2 Å². The summed E-state index contributed by atoms with van der Waals surface area (Å²) in [5, 5.41) is 0. The number of carbonyl (C=O) groups is 1. The molecule has 26 heavy (non-hydrogen) atoms. The van der Waals surface area contributed by atoms with Crippen molar-refractivity contribution in [3.8, 4) is 0 Å². The van der Waals surface area contributed by atoms with Gasteiger partial charge in [0.1, 0.15) is 0 Å². The molecule has 0 aliphatic carbocycles. The highest BCUT2D eigenvalue weighted by molar-refractivity contribution is 5.78. The Labute approximate surface area is 157 Å². The first-order chi connectivity index (χ1) is 12.7. The van der Waals surface area contributed by atoms with Crippen LogP contribution in [0.4, 0.5) is 0 Å². The SMILES string of the molecule is CN(CC(=O)N1CCCO[C@@H](CN2CCCCC2)C1)Cc1ccccc1. The predicted octanol–water partition coefficient (Wildman–Crippen LogP) is 2.22. The van der Waals surface area contributed by atoms with Crippen molar-refractivity contribution in [2.45, 2.75) is 38.3 Å². The molecule has 1 amide bonds. The van der Waals surface area contributed by atoms with Crippen molar-refractivity contribution < 1.29 is 9.53 Å². The molecular formula is C21H33N3O2. The van der Waals surface area contributed by atoms with Gasteiger partial charge < -0.3 is 14.5 Å². The van der Waals surface area contributed by atoms with Gasteiger partial charge in [-0.25, -0.2) is 0 Å². The van der Waals surface area contributed by atoms with E-state index in [4.69, 9.17) is 4.74 Å². The van der Waals surface area contributed by atoms with Crippen LogP contribution in [0.5, 0.6) is 0 Å². The fourth-order valence-corrected chi connectivity index (χ4v) is 3.94. The molecule has 2 aliphatic rings. The summed E-state index contributed by atoms with van der Waals surface area (Å²) in [7, 11) is 2.02. The number of nitrogens with zero attached hydrogens (tertiary/aromatic N) is 3. The molecule has 0 bridgehead atoms. The number of carbonyl (C=O) groups excluding carboxylic acids is 1. The molecule has 0 unspecified atom stereocenters. The van der Waals surface area contributed by atoms with Gasteiger partial charge >= 0.3 is 0 Å². The maximum Gasteiger partial charge on any atom is 0.236 e. The van der Waals surface area contributed by atoms with E-state index >= 15 is 0 Å². The highest BCUT2D eigenvalue weighted by Crippen LogP contribution is 2.13. The molecule has 0 spiro atoms. The minimum absolute atomic E-state index is 0.152. The Balaban J connectivity index is 1.48. The van der Waals surface area contributed by atoms with E-state index in [0.717, 1.165) is 39.2 Å². The van der Waals surface area contributed by atoms with Crippen molar-refractivity contribution in [1.82, 2.24) is 14.7 Å². The van der Waals surface area contributed by atoms with Crippen molar-refractivity contribution in [2.24, 2.45) is 0 Å². The summed E-state index contributed by atoms with van der Waals surface area (Å²) in [6, 6.07) is 10.3. The molecular weight excluding hydrogens is 326 g/mol. The highest BCUT2D eigenvalue weighted by atomic mass is 16.5. The maximum atomic E-state index is 12.8. The molecule has 2 heterocycles. The van der Waals surface area contributed by atoms with Gasteiger partial charge in [0, 0.05) is 32.8 Å². The molecule has 1 aromatic carbocycles. The summed E-state index contributed by atoms with van der Waals surface area (Å²) in [6.45, 7) is 6.88. The molecule has 0 saturated carbocycles. The fourth-order valence-electron chi connectivity index (χ4n) is 3.94. The number of benzene rings is 1. The molecule has 3 rings (SSSR count). The number of rotatable bonds is 6. The van der Waals surface area contributed by atoms with E-state index in [1.165, 1.54) is 37.9 Å². The zero-order valence-corrected chi connectivity index (χ0v) is 16.1. The van der Waals surface area contributed by atoms with Crippen molar-refractivity contribution in [1.29, 1.82) is 0 Å². The van der Waals surface area contributed by atoms with Gasteiger partial charge in [-0.15, -0.1) is 0 Å². The van der Waals surface area contributed by atoms with Gasteiger partial charge in [-0.05, 0) is 45.0 Å². The molecule has 0 N–H and O–H groups in total. The van der Waals surface area contributed by atoms with E-state index in [9.17, 15) is 4.79 Å². The smallest absolute Gasteiger partial charge is 0.236 e. The van der Waals surface area contributed by atoms with Gasteiger partial charge in [-0.2, -0.15) is 0 Å². The average Bonchev–Trinajstić information content (AvgIpc) is 2.89. The largest absolute Gasteiger partial charge is 0.375 e. The Bertz CT molecular complexity index is 545. The molecule has 5 nitrogen and oxygen atoms in total. The molecule has 5 heteroatoms. The van der Waals surface area contributed by atoms with Crippen molar-refractivity contribution in [3.05, 3.63) is 35.9 Å². The summed E-state index contributed by atoms with van der Waals surface area (Å²) in [4.78, 5) is 19.4. The second-order valence-corrected chi connectivity index (χ2v) is 7.71. The zero-order valence-electron chi connectivity index (χ0n) is 16.1. The first-order valence-corrected chi connectivity index (χ1v) is 10.0. The summed E-state index contributed by atoms with van der Waals surface area (Å²) >= 11 is 0. The lowest BCUT2D eigenvalue weighted by atomic mass is 10.1. The van der Waals surface area contributed by atoms with E-state index in [0.29, 0.717) is 6.54 Å². The standard InChI is InChI=1S/C21H33N3O2/c1-22(15-19-9-4-2-5-10-19)18-21(25)24-13-8-14-26-20(17-24)16-23-11-6-3-7-12-23/h2,4-5,9-10,20H,3,6-8,11-18H2,1H3/t20-/m0/s1. The number of amides is 1. The quantitative estimate of drug-likeness (QED) is 0.780. The number of hydrogen-bond acceptors (Lipinski definition) is 4. The van der Waals surface area contributed by atoms with Crippen LogP contribution in [-0.2, 0) is 16.1 Å². The lowest BCUT2D eigenvalue weighted by molar-refractivity contribution is -0.133. The third kappa shape index (κ3) is 6.08. The van der Waals surface area contributed by atoms with Gasteiger partial charge in [0.2, 0.25) is 5.91 Å². The second-order valence-electron chi connectivity index (χ2n) is 7.71. The van der Waals surface area contributed by atoms with Crippen molar-refractivity contribution in [2.75, 3.05) is 52.9 Å². The lowest BCUT2D eigenvalue weighted by Crippen LogP contribution is -2.46. The highest BCUT2D eigenvalue weighted by Gasteiger charge is 2.25. The summed E-state index contributed by atoms with van der Waals surface area (Å²) < 4.78 is 6.04. The van der Waals surface area contributed by atoms with E-state index in [1.54, 1.807) is 0 Å². The minimum atomic E-state index is 0.152. The minimum Gasteiger partial charge on any atom is -0.375 e. The van der Waals surface area contributed by atoms with Crippen LogP contribution in [0, 0.1) is 0 Å². The van der Waals surface area contributed by atoms with Crippen LogP contribution >= 0.6 is 0 Å². The van der Waals surface area contributed by atoms with Gasteiger partial charge in [0.05, 0.1) is 12.6 Å². The van der Waals surface area contributed by atoms with E-state index in [1.807, 2.05) is 30.1 Å². The molecule has 0 aromatic heterocycles. The number of hydrogen-bond donors (Lipinski definition) is 0. The maximum absolute atomic E-state index is 12.8. The van der Waals surface area contributed by atoms with Crippen LogP contribution in [0.25, 0.3) is 0 Å². The third-order valence-electron chi connectivity index (χ3n) is 5.31. The van der Waals surface area contributed by atoms with Crippen molar-refractivity contribution in [3.63, 3.8) is 0 Å². The fraction of sp³-hybridized carbons (Fsp3) is 0.667. The monoisotopic (exact) mass is 359 g/mol. The Morgan fingerprint density at radius 2 is 1.88 bits per heavy atom. The topological polar surface area (TPSA) is 36.0 Å². The molecule has 1 atom stereocenters. The third-order valence-corrected chi connectivity index (χ3v) is 5.31. The Morgan fingerprint density at radius 3 is 2.65 bits per heavy atom. The first kappa shape index (κ1) is 19.3. The predicted molar refractivity (Wildman–Crippen MR) is 104 cm³/mol. The van der Waals surface area contributed by atoms with Crippen molar-refractivity contribution >= 4 is 5.91 Å². The van der Waals surface area contributed by atoms with E-state index in [2.05, 4.69) is 21.9 Å². The van der Waals surface area contributed by atoms with Crippen LogP contribution in [0.2, 0.25) is 0 Å². The van der Waals surface area contributed by atoms with Crippen LogP contribution in [0.3, 0.4) is 0 Å². The van der Waals surface area contributed by atoms with Gasteiger partial charge in [-0.1, -0.05) is 36.8 Å². The molecule has 0 radical (unpaired) electrons. The number of likely N-dealkylation sites (tertiary alicyclic amines) is 1. The van der Waals surface area contributed by atoms with E-state index < -0.39 is 0 Å². The molecule has 2 saturated heterocycles. The normalized spacial score (nSPS) is 22.4.